The normalized spacial score (nSPS) is 14.1. The third kappa shape index (κ3) is 6.47. The summed E-state index contributed by atoms with van der Waals surface area (Å²) in [6, 6.07) is 0. The first-order chi connectivity index (χ1) is 7.50. The molecule has 0 aromatic rings. The second-order valence-electron chi connectivity index (χ2n) is 7.24. The van der Waals surface area contributed by atoms with Crippen molar-refractivity contribution >= 4 is 31.8 Å². The minimum absolute atomic E-state index is 0.269. The molecule has 0 spiro atoms. The summed E-state index contributed by atoms with van der Waals surface area (Å²) < 4.78 is 0. The second-order valence-corrected chi connectivity index (χ2v) is 21.6. The smallest absolute Gasteiger partial charge is 0.0717 e. The predicted molar refractivity (Wildman–Crippen MR) is 96.4 cm³/mol. The maximum absolute atomic E-state index is 2.54. The van der Waals surface area contributed by atoms with Crippen molar-refractivity contribution in [2.24, 2.45) is 0 Å². The van der Waals surface area contributed by atoms with Crippen molar-refractivity contribution in [3.8, 4) is 0 Å². The van der Waals surface area contributed by atoms with E-state index in [9.17, 15) is 0 Å². The first kappa shape index (κ1) is 18.5. The van der Waals surface area contributed by atoms with Crippen LogP contribution < -0.4 is 0 Å². The molecule has 0 unspecified atom stereocenters. The molecule has 104 valence electrons. The van der Waals surface area contributed by atoms with Gasteiger partial charge in [-0.05, 0) is 62.4 Å². The topological polar surface area (TPSA) is 0 Å². The van der Waals surface area contributed by atoms with Crippen molar-refractivity contribution in [1.29, 1.82) is 0 Å². The van der Waals surface area contributed by atoms with Crippen molar-refractivity contribution in [2.75, 3.05) is 57.3 Å². The standard InChI is InChI=1S/C13H33P3Si/c1-13(2,3)17(10-14(4)5,11-15(6)7)12-16(8)9/h10-12H2,1-9H3. The van der Waals surface area contributed by atoms with Crippen LogP contribution in [0.2, 0.25) is 5.04 Å². The van der Waals surface area contributed by atoms with Crippen LogP contribution in [0.25, 0.3) is 0 Å². The van der Waals surface area contributed by atoms with Crippen molar-refractivity contribution in [1.82, 2.24) is 0 Å². The van der Waals surface area contributed by atoms with Crippen LogP contribution in [0.3, 0.4) is 0 Å². The molecule has 0 aliphatic carbocycles. The van der Waals surface area contributed by atoms with E-state index >= 15 is 0 Å². The first-order valence-corrected chi connectivity index (χ1v) is 16.3. The molecule has 0 aromatic carbocycles. The lowest BCUT2D eigenvalue weighted by molar-refractivity contribution is 0.720. The Morgan fingerprint density at radius 2 is 0.882 bits per heavy atom. The molecule has 4 heteroatoms. The van der Waals surface area contributed by atoms with Gasteiger partial charge in [0.25, 0.3) is 0 Å². The van der Waals surface area contributed by atoms with Crippen LogP contribution in [-0.2, 0) is 0 Å². The number of hydrogen-bond acceptors (Lipinski definition) is 0. The Morgan fingerprint density at radius 1 is 0.647 bits per heavy atom. The van der Waals surface area contributed by atoms with E-state index in [-0.39, 0.29) is 23.8 Å². The van der Waals surface area contributed by atoms with E-state index in [1.54, 1.807) is 17.4 Å². The van der Waals surface area contributed by atoms with E-state index in [4.69, 9.17) is 0 Å². The van der Waals surface area contributed by atoms with E-state index in [2.05, 4.69) is 60.8 Å². The van der Waals surface area contributed by atoms with Crippen LogP contribution in [0.1, 0.15) is 20.8 Å². The molecule has 0 aliphatic rings. The maximum atomic E-state index is 2.54. The third-order valence-electron chi connectivity index (χ3n) is 3.45. The SMILES string of the molecule is CP(C)C[Si](CP(C)C)(CP(C)C)C(C)(C)C. The molecule has 0 bridgehead atoms. The summed E-state index contributed by atoms with van der Waals surface area (Å²) >= 11 is 0. The molecule has 0 atom stereocenters. The first-order valence-electron chi connectivity index (χ1n) is 6.44. The summed E-state index contributed by atoms with van der Waals surface area (Å²) in [5, 5.41) is 0.596. The van der Waals surface area contributed by atoms with Crippen molar-refractivity contribution in [3.05, 3.63) is 0 Å². The van der Waals surface area contributed by atoms with Gasteiger partial charge in [0.1, 0.15) is 0 Å². The quantitative estimate of drug-likeness (QED) is 0.474. The minimum Gasteiger partial charge on any atom is -0.116 e. The van der Waals surface area contributed by atoms with Crippen LogP contribution >= 0.6 is 23.8 Å². The van der Waals surface area contributed by atoms with Gasteiger partial charge in [0.05, 0.1) is 8.07 Å². The van der Waals surface area contributed by atoms with Gasteiger partial charge in [-0.15, -0.1) is 23.8 Å². The third-order valence-corrected chi connectivity index (χ3v) is 21.5. The summed E-state index contributed by atoms with van der Waals surface area (Å²) in [7, 11) is -0.294. The Bertz CT molecular complexity index is 193. The highest BCUT2D eigenvalue weighted by atomic mass is 31.1. The Labute approximate surface area is 115 Å². The van der Waals surface area contributed by atoms with Gasteiger partial charge in [-0.25, -0.2) is 0 Å². The highest BCUT2D eigenvalue weighted by Crippen LogP contribution is 2.51. The van der Waals surface area contributed by atoms with E-state index in [0.29, 0.717) is 5.04 Å². The van der Waals surface area contributed by atoms with Crippen molar-refractivity contribution < 1.29 is 0 Å². The maximum Gasteiger partial charge on any atom is 0.0717 e. The fourth-order valence-corrected chi connectivity index (χ4v) is 26.8. The molecule has 0 aromatic heterocycles. The molecular weight excluding hydrogens is 277 g/mol. The minimum atomic E-state index is -1.10. The zero-order valence-electron chi connectivity index (χ0n) is 13.5. The van der Waals surface area contributed by atoms with Gasteiger partial charge in [0, 0.05) is 0 Å². The Kier molecular flexibility index (Phi) is 7.98. The summed E-state index contributed by atoms with van der Waals surface area (Å²) in [5.41, 5.74) is 0. The molecule has 0 saturated heterocycles. The molecule has 0 nitrogen and oxygen atoms in total. The van der Waals surface area contributed by atoms with Crippen LogP contribution in [0.4, 0.5) is 0 Å². The molecule has 0 rings (SSSR count). The van der Waals surface area contributed by atoms with Gasteiger partial charge in [-0.2, -0.15) is 0 Å². The summed E-state index contributed by atoms with van der Waals surface area (Å²) in [5.74, 6) is 4.81. The van der Waals surface area contributed by atoms with Gasteiger partial charge >= 0.3 is 0 Å². The van der Waals surface area contributed by atoms with Gasteiger partial charge in [-0.1, -0.05) is 20.8 Å². The molecule has 0 radical (unpaired) electrons. The Hall–Kier alpha value is 1.51. The van der Waals surface area contributed by atoms with Crippen LogP contribution in [0.15, 0.2) is 0 Å². The average molecular weight is 310 g/mol. The lowest BCUT2D eigenvalue weighted by atomic mass is 10.2. The summed E-state index contributed by atoms with van der Waals surface area (Å²) in [4.78, 5) is 0. The van der Waals surface area contributed by atoms with Gasteiger partial charge in [0.2, 0.25) is 0 Å². The number of hydrogen-bond donors (Lipinski definition) is 0. The van der Waals surface area contributed by atoms with Crippen LogP contribution in [0.5, 0.6) is 0 Å². The lowest BCUT2D eigenvalue weighted by Crippen LogP contribution is -2.54. The average Bonchev–Trinajstić information content (AvgIpc) is 1.96. The summed E-state index contributed by atoms with van der Waals surface area (Å²) in [6.45, 7) is 22.6. The Balaban J connectivity index is 5.20. The van der Waals surface area contributed by atoms with Crippen molar-refractivity contribution in [2.45, 2.75) is 25.8 Å². The fraction of sp³-hybridized carbons (Fsp3) is 1.00. The molecule has 0 heterocycles. The highest BCUT2D eigenvalue weighted by molar-refractivity contribution is 7.66. The van der Waals surface area contributed by atoms with Gasteiger partial charge in [0.15, 0.2) is 0 Å². The van der Waals surface area contributed by atoms with Gasteiger partial charge in [-0.3, -0.25) is 0 Å². The van der Waals surface area contributed by atoms with E-state index < -0.39 is 8.07 Å². The van der Waals surface area contributed by atoms with E-state index in [1.165, 1.54) is 0 Å². The molecule has 0 saturated carbocycles. The molecule has 17 heavy (non-hydrogen) atoms. The van der Waals surface area contributed by atoms with Crippen LogP contribution in [-0.4, -0.2) is 65.4 Å². The number of rotatable bonds is 6. The lowest BCUT2D eigenvalue weighted by Gasteiger charge is -2.47. The fourth-order valence-electron chi connectivity index (χ4n) is 2.68. The largest absolute Gasteiger partial charge is 0.116 e. The highest BCUT2D eigenvalue weighted by Gasteiger charge is 2.44. The molecule has 0 fully saturated rings. The predicted octanol–water partition coefficient (Wildman–Crippen LogP) is 5.08. The Morgan fingerprint density at radius 3 is 1.00 bits per heavy atom. The van der Waals surface area contributed by atoms with E-state index in [0.717, 1.165) is 0 Å². The second kappa shape index (κ2) is 7.33. The molecular formula is C13H33P3Si. The van der Waals surface area contributed by atoms with Crippen LogP contribution in [0, 0.1) is 0 Å². The zero-order chi connectivity index (χ0) is 13.9. The molecule has 0 amide bonds. The monoisotopic (exact) mass is 310 g/mol. The zero-order valence-corrected chi connectivity index (χ0v) is 17.1. The van der Waals surface area contributed by atoms with Crippen molar-refractivity contribution in [3.63, 3.8) is 0 Å². The molecule has 0 N–H and O–H groups in total. The van der Waals surface area contributed by atoms with Gasteiger partial charge < -0.3 is 0 Å². The van der Waals surface area contributed by atoms with E-state index in [1.807, 2.05) is 0 Å². The molecule has 0 aliphatic heterocycles. The summed E-state index contributed by atoms with van der Waals surface area (Å²) in [6.07, 6.45) is 0.